The van der Waals surface area contributed by atoms with Crippen LogP contribution < -0.4 is 0 Å². The van der Waals surface area contributed by atoms with Gasteiger partial charge >= 0.3 is 0 Å². The summed E-state index contributed by atoms with van der Waals surface area (Å²) in [6.45, 7) is 0. The zero-order valence-electron chi connectivity index (χ0n) is 35.0. The van der Waals surface area contributed by atoms with Gasteiger partial charge < -0.3 is 0 Å². The number of rotatable bonds is 7. The molecule has 0 aliphatic heterocycles. The molecule has 1 aromatic heterocycles. The maximum absolute atomic E-state index is 5.33. The van der Waals surface area contributed by atoms with Crippen molar-refractivity contribution in [1.29, 1.82) is 0 Å². The molecular formula is C61H41N3. The van der Waals surface area contributed by atoms with Crippen molar-refractivity contribution < 1.29 is 0 Å². The van der Waals surface area contributed by atoms with Crippen LogP contribution in [0.15, 0.2) is 249 Å². The van der Waals surface area contributed by atoms with E-state index in [2.05, 4.69) is 231 Å². The highest BCUT2D eigenvalue weighted by Gasteiger charge is 2.61. The largest absolute Gasteiger partial charge is 0.208 e. The van der Waals surface area contributed by atoms with Gasteiger partial charge in [-0.15, -0.1) is 0 Å². The minimum Gasteiger partial charge on any atom is -0.208 e. The van der Waals surface area contributed by atoms with E-state index in [-0.39, 0.29) is 0 Å². The van der Waals surface area contributed by atoms with E-state index in [1.54, 1.807) is 0 Å². The van der Waals surface area contributed by atoms with Crippen LogP contribution in [0.3, 0.4) is 0 Å². The first-order chi connectivity index (χ1) is 31.7. The number of hydrogen-bond donors (Lipinski definition) is 0. The van der Waals surface area contributed by atoms with Gasteiger partial charge in [-0.25, -0.2) is 15.0 Å². The van der Waals surface area contributed by atoms with E-state index in [0.717, 1.165) is 27.6 Å². The van der Waals surface area contributed by atoms with Crippen LogP contribution in [0.4, 0.5) is 0 Å². The van der Waals surface area contributed by atoms with E-state index in [4.69, 9.17) is 15.0 Å². The van der Waals surface area contributed by atoms with Crippen molar-refractivity contribution in [2.45, 2.75) is 10.8 Å². The van der Waals surface area contributed by atoms with E-state index >= 15 is 0 Å². The maximum atomic E-state index is 5.33. The summed E-state index contributed by atoms with van der Waals surface area (Å²) >= 11 is 0. The molecule has 11 aromatic rings. The minimum atomic E-state index is -0.741. The van der Waals surface area contributed by atoms with Gasteiger partial charge in [0.25, 0.3) is 0 Å². The highest BCUT2D eigenvalue weighted by Crippen LogP contribution is 2.65. The molecular weight excluding hydrogens is 775 g/mol. The lowest BCUT2D eigenvalue weighted by atomic mass is 9.43. The first-order valence-corrected chi connectivity index (χ1v) is 21.9. The van der Waals surface area contributed by atoms with Gasteiger partial charge in [-0.05, 0) is 78.2 Å². The first-order valence-electron chi connectivity index (χ1n) is 21.9. The van der Waals surface area contributed by atoms with Gasteiger partial charge in [-0.2, -0.15) is 0 Å². The summed E-state index contributed by atoms with van der Waals surface area (Å²) in [5.74, 6) is 1.88. The molecule has 12 rings (SSSR count). The van der Waals surface area contributed by atoms with Crippen molar-refractivity contribution in [3.8, 4) is 45.3 Å². The molecule has 0 atom stereocenters. The molecule has 0 saturated heterocycles. The predicted molar refractivity (Wildman–Crippen MR) is 262 cm³/mol. The Bertz CT molecular complexity index is 3400. The van der Waals surface area contributed by atoms with Crippen LogP contribution in [0.5, 0.6) is 0 Å². The van der Waals surface area contributed by atoms with Gasteiger partial charge in [0, 0.05) is 16.7 Å². The summed E-state index contributed by atoms with van der Waals surface area (Å²) in [6, 6.07) is 90.1. The molecule has 0 radical (unpaired) electrons. The summed E-state index contributed by atoms with van der Waals surface area (Å²) < 4.78 is 0. The Morgan fingerprint density at radius 3 is 1.23 bits per heavy atom. The second-order valence-corrected chi connectivity index (χ2v) is 16.7. The monoisotopic (exact) mass is 815 g/mol. The summed E-state index contributed by atoms with van der Waals surface area (Å²) in [7, 11) is 0. The molecule has 0 bridgehead atoms. The second-order valence-electron chi connectivity index (χ2n) is 16.7. The number of aromatic nitrogens is 3. The smallest absolute Gasteiger partial charge is 0.164 e. The van der Waals surface area contributed by atoms with Crippen LogP contribution >= 0.6 is 0 Å². The van der Waals surface area contributed by atoms with E-state index in [0.29, 0.717) is 17.5 Å². The van der Waals surface area contributed by atoms with Gasteiger partial charge in [0.2, 0.25) is 0 Å². The zero-order chi connectivity index (χ0) is 42.5. The van der Waals surface area contributed by atoms with E-state index in [1.807, 2.05) is 18.2 Å². The molecule has 0 N–H and O–H groups in total. The first kappa shape index (κ1) is 37.5. The second kappa shape index (κ2) is 15.3. The highest BCUT2D eigenvalue weighted by molar-refractivity contribution is 6.08. The highest BCUT2D eigenvalue weighted by atomic mass is 15.0. The molecule has 1 heterocycles. The molecule has 3 nitrogen and oxygen atoms in total. The molecule has 0 spiro atoms. The van der Waals surface area contributed by atoms with Crippen LogP contribution in [0.25, 0.3) is 66.8 Å². The zero-order valence-corrected chi connectivity index (χ0v) is 35.0. The van der Waals surface area contributed by atoms with E-state index < -0.39 is 10.8 Å². The van der Waals surface area contributed by atoms with E-state index in [9.17, 15) is 0 Å². The summed E-state index contributed by atoms with van der Waals surface area (Å²) in [5.41, 5.74) is 10.9. The molecule has 0 saturated carbocycles. The number of hydrogen-bond acceptors (Lipinski definition) is 3. The van der Waals surface area contributed by atoms with Crippen molar-refractivity contribution in [3.63, 3.8) is 0 Å². The number of nitrogens with zero attached hydrogens (tertiary/aromatic N) is 3. The standard InChI is InChI=1S/C61H41N3/c1-6-21-43(22-7-1)57-62-58(45-36-38-52-44(40-45)35-34-42-20-16-17-31-51(42)52)64-59(63-57)46-37-39-56-54(41-46)53-32-18-19-33-55(53)60(47-23-8-2-9-24-47,48-25-10-3-11-26-48)61(56,49-27-12-4-13-28-49)50-29-14-5-15-30-50/h1-41H. The minimum absolute atomic E-state index is 0.621. The molecule has 10 aromatic carbocycles. The average molecular weight is 816 g/mol. The Balaban J connectivity index is 1.15. The Morgan fingerprint density at radius 1 is 0.250 bits per heavy atom. The lowest BCUT2D eigenvalue weighted by Gasteiger charge is -2.57. The summed E-state index contributed by atoms with van der Waals surface area (Å²) in [6.07, 6.45) is 0. The van der Waals surface area contributed by atoms with Gasteiger partial charge in [0.15, 0.2) is 17.5 Å². The Hall–Kier alpha value is -8.27. The quantitative estimate of drug-likeness (QED) is 0.150. The number of fused-ring (bicyclic) bond motifs is 6. The Kier molecular flexibility index (Phi) is 8.94. The molecule has 3 heteroatoms. The van der Waals surface area contributed by atoms with Crippen molar-refractivity contribution in [1.82, 2.24) is 15.0 Å². The van der Waals surface area contributed by atoms with Gasteiger partial charge in [-0.1, -0.05) is 237 Å². The normalized spacial score (nSPS) is 13.6. The fraction of sp³-hybridized carbons (Fsp3) is 0.0328. The molecule has 300 valence electrons. The van der Waals surface area contributed by atoms with Crippen LogP contribution in [0.1, 0.15) is 33.4 Å². The number of benzene rings is 10. The average Bonchev–Trinajstić information content (AvgIpc) is 3.39. The third kappa shape index (κ3) is 5.71. The van der Waals surface area contributed by atoms with Crippen LogP contribution in [-0.2, 0) is 10.8 Å². The fourth-order valence-electron chi connectivity index (χ4n) is 10.8. The van der Waals surface area contributed by atoms with Gasteiger partial charge in [-0.3, -0.25) is 0 Å². The Morgan fingerprint density at radius 2 is 0.656 bits per heavy atom. The van der Waals surface area contributed by atoms with Crippen LogP contribution in [-0.4, -0.2) is 15.0 Å². The third-order valence-corrected chi connectivity index (χ3v) is 13.4. The van der Waals surface area contributed by atoms with Crippen LogP contribution in [0, 0.1) is 0 Å². The van der Waals surface area contributed by atoms with Gasteiger partial charge in [0.1, 0.15) is 0 Å². The van der Waals surface area contributed by atoms with Crippen molar-refractivity contribution in [2.24, 2.45) is 0 Å². The SMILES string of the molecule is c1ccc(-c2nc(-c3ccc4c(c3)-c3ccccc3C(c3ccccc3)(c3ccccc3)C4(c3ccccc3)c3ccccc3)nc(-c3ccc4c(ccc5ccccc54)c3)n2)cc1. The predicted octanol–water partition coefficient (Wildman–Crippen LogP) is 14.5. The molecule has 1 aliphatic carbocycles. The molecule has 1 aliphatic rings. The molecule has 64 heavy (non-hydrogen) atoms. The van der Waals surface area contributed by atoms with Gasteiger partial charge in [0.05, 0.1) is 10.8 Å². The van der Waals surface area contributed by atoms with E-state index in [1.165, 1.54) is 55.1 Å². The summed E-state index contributed by atoms with van der Waals surface area (Å²) in [5, 5.41) is 4.80. The lowest BCUT2D eigenvalue weighted by Crippen LogP contribution is -2.54. The lowest BCUT2D eigenvalue weighted by molar-refractivity contribution is 0.415. The summed E-state index contributed by atoms with van der Waals surface area (Å²) in [4.78, 5) is 15.7. The topological polar surface area (TPSA) is 38.7 Å². The Labute approximate surface area is 373 Å². The maximum Gasteiger partial charge on any atom is 0.164 e. The fourth-order valence-corrected chi connectivity index (χ4v) is 10.8. The van der Waals surface area contributed by atoms with Crippen molar-refractivity contribution in [2.75, 3.05) is 0 Å². The third-order valence-electron chi connectivity index (χ3n) is 13.4. The molecule has 0 amide bonds. The van der Waals surface area contributed by atoms with Crippen molar-refractivity contribution >= 4 is 21.5 Å². The van der Waals surface area contributed by atoms with Crippen LogP contribution in [0.2, 0.25) is 0 Å². The van der Waals surface area contributed by atoms with Crippen molar-refractivity contribution in [3.05, 3.63) is 282 Å². The molecule has 0 unspecified atom stereocenters. The molecule has 0 fully saturated rings.